The Labute approximate surface area is 193 Å². The summed E-state index contributed by atoms with van der Waals surface area (Å²) in [5, 5.41) is 2.77. The zero-order chi connectivity index (χ0) is 23.3. The van der Waals surface area contributed by atoms with Crippen LogP contribution in [0.25, 0.3) is 6.08 Å². The first-order chi connectivity index (χ1) is 15.2. The fourth-order valence-electron chi connectivity index (χ4n) is 2.86. The Balaban J connectivity index is 1.70. The van der Waals surface area contributed by atoms with E-state index in [2.05, 4.69) is 21.2 Å². The van der Waals surface area contributed by atoms with Gasteiger partial charge in [-0.2, -0.15) is 0 Å². The molecule has 8 nitrogen and oxygen atoms in total. The monoisotopic (exact) mass is 503 g/mol. The number of halogens is 1. The standard InChI is InChI=1S/C23H22BrNO7/c1-23(2)31-21(27)16(22(28)32-23)9-15-10-18(29-3)19(11-17(15)24)30-13-20(26)25-12-14-7-5-4-6-8-14/h4-11H,12-13H2,1-3H3,(H,25,26). The molecule has 1 heterocycles. The number of methoxy groups -OCH3 is 1. The van der Waals surface area contributed by atoms with Crippen molar-refractivity contribution in [3.05, 3.63) is 63.6 Å². The van der Waals surface area contributed by atoms with E-state index in [4.69, 9.17) is 18.9 Å². The van der Waals surface area contributed by atoms with Crippen LogP contribution >= 0.6 is 15.9 Å². The van der Waals surface area contributed by atoms with Crippen molar-refractivity contribution in [3.63, 3.8) is 0 Å². The maximum absolute atomic E-state index is 12.2. The van der Waals surface area contributed by atoms with Crippen molar-refractivity contribution in [1.82, 2.24) is 5.32 Å². The lowest BCUT2D eigenvalue weighted by Crippen LogP contribution is -2.41. The van der Waals surface area contributed by atoms with Gasteiger partial charge in [0.2, 0.25) is 0 Å². The summed E-state index contributed by atoms with van der Waals surface area (Å²) < 4.78 is 21.7. The second kappa shape index (κ2) is 9.86. The summed E-state index contributed by atoms with van der Waals surface area (Å²) >= 11 is 3.38. The smallest absolute Gasteiger partial charge is 0.348 e. The molecule has 168 valence electrons. The van der Waals surface area contributed by atoms with Gasteiger partial charge in [-0.15, -0.1) is 0 Å². The molecule has 0 bridgehead atoms. The minimum absolute atomic E-state index is 0.218. The largest absolute Gasteiger partial charge is 0.493 e. The van der Waals surface area contributed by atoms with Crippen LogP contribution in [0.4, 0.5) is 0 Å². The van der Waals surface area contributed by atoms with Crippen LogP contribution in [0.3, 0.4) is 0 Å². The molecule has 1 amide bonds. The SMILES string of the molecule is COc1cc(C=C2C(=O)OC(C)(C)OC2=O)c(Br)cc1OCC(=O)NCc1ccccc1. The van der Waals surface area contributed by atoms with Crippen molar-refractivity contribution in [3.8, 4) is 11.5 Å². The normalized spacial score (nSPS) is 14.8. The van der Waals surface area contributed by atoms with E-state index in [-0.39, 0.29) is 18.1 Å². The topological polar surface area (TPSA) is 100 Å². The number of cyclic esters (lactones) is 2. The van der Waals surface area contributed by atoms with Gasteiger partial charge in [0.15, 0.2) is 18.1 Å². The zero-order valence-corrected chi connectivity index (χ0v) is 19.4. The molecule has 1 N–H and O–H groups in total. The fourth-order valence-corrected chi connectivity index (χ4v) is 3.30. The third kappa shape index (κ3) is 5.88. The third-order valence-electron chi connectivity index (χ3n) is 4.39. The van der Waals surface area contributed by atoms with E-state index >= 15 is 0 Å². The maximum atomic E-state index is 12.2. The van der Waals surface area contributed by atoms with Crippen molar-refractivity contribution in [2.45, 2.75) is 26.2 Å². The molecule has 0 spiro atoms. The van der Waals surface area contributed by atoms with E-state index in [1.54, 1.807) is 12.1 Å². The van der Waals surface area contributed by atoms with Crippen LogP contribution in [-0.2, 0) is 30.4 Å². The van der Waals surface area contributed by atoms with Gasteiger partial charge >= 0.3 is 11.9 Å². The van der Waals surface area contributed by atoms with Gasteiger partial charge in [0.1, 0.15) is 5.57 Å². The highest BCUT2D eigenvalue weighted by Crippen LogP contribution is 2.35. The van der Waals surface area contributed by atoms with Gasteiger partial charge in [-0.3, -0.25) is 4.79 Å². The third-order valence-corrected chi connectivity index (χ3v) is 5.08. The minimum atomic E-state index is -1.32. The first kappa shape index (κ1) is 23.3. The van der Waals surface area contributed by atoms with Crippen molar-refractivity contribution < 1.29 is 33.3 Å². The van der Waals surface area contributed by atoms with E-state index in [1.165, 1.54) is 27.0 Å². The lowest BCUT2D eigenvalue weighted by atomic mass is 10.1. The summed E-state index contributed by atoms with van der Waals surface area (Å²) in [6.45, 7) is 3.12. The molecule has 0 aliphatic carbocycles. The number of ether oxygens (including phenoxy) is 4. The van der Waals surface area contributed by atoms with Crippen LogP contribution in [0.2, 0.25) is 0 Å². The first-order valence-electron chi connectivity index (χ1n) is 9.68. The average molecular weight is 504 g/mol. The van der Waals surface area contributed by atoms with Gasteiger partial charge in [-0.25, -0.2) is 9.59 Å². The highest BCUT2D eigenvalue weighted by atomic mass is 79.9. The average Bonchev–Trinajstić information content (AvgIpc) is 2.74. The Kier molecular flexibility index (Phi) is 7.19. The number of benzene rings is 2. The summed E-state index contributed by atoms with van der Waals surface area (Å²) in [5.74, 6) is -2.56. The molecule has 2 aromatic rings. The summed E-state index contributed by atoms with van der Waals surface area (Å²) in [6.07, 6.45) is 1.34. The van der Waals surface area contributed by atoms with E-state index in [9.17, 15) is 14.4 Å². The second-order valence-corrected chi connectivity index (χ2v) is 8.17. The lowest BCUT2D eigenvalue weighted by molar-refractivity contribution is -0.222. The van der Waals surface area contributed by atoms with E-state index in [1.807, 2.05) is 30.3 Å². The molecular weight excluding hydrogens is 482 g/mol. The molecule has 1 fully saturated rings. The number of carbonyl (C=O) groups excluding carboxylic acids is 3. The number of hydrogen-bond donors (Lipinski definition) is 1. The predicted octanol–water partition coefficient (Wildman–Crippen LogP) is 3.37. The lowest BCUT2D eigenvalue weighted by Gasteiger charge is -2.29. The molecule has 3 rings (SSSR count). The molecule has 0 aromatic heterocycles. The van der Waals surface area contributed by atoms with Crippen LogP contribution in [-0.4, -0.2) is 37.3 Å². The van der Waals surface area contributed by atoms with Crippen LogP contribution in [0, 0.1) is 0 Å². The molecule has 0 unspecified atom stereocenters. The molecule has 0 atom stereocenters. The fraction of sp³-hybridized carbons (Fsp3) is 0.261. The summed E-state index contributed by atoms with van der Waals surface area (Å²) in [7, 11) is 1.44. The molecule has 9 heteroatoms. The first-order valence-corrected chi connectivity index (χ1v) is 10.5. The molecule has 1 saturated heterocycles. The number of nitrogens with one attached hydrogen (secondary N) is 1. The van der Waals surface area contributed by atoms with Crippen LogP contribution in [0.1, 0.15) is 25.0 Å². The Hall–Kier alpha value is -3.33. The number of amides is 1. The number of carbonyl (C=O) groups is 3. The zero-order valence-electron chi connectivity index (χ0n) is 17.8. The molecule has 0 saturated carbocycles. The highest BCUT2D eigenvalue weighted by Gasteiger charge is 2.39. The number of esters is 2. The minimum Gasteiger partial charge on any atom is -0.493 e. The summed E-state index contributed by atoms with van der Waals surface area (Å²) in [6, 6.07) is 12.7. The molecule has 0 radical (unpaired) electrons. The van der Waals surface area contributed by atoms with Gasteiger partial charge in [-0.1, -0.05) is 46.3 Å². The van der Waals surface area contributed by atoms with E-state index in [0.717, 1.165) is 5.56 Å². The Bertz CT molecular complexity index is 1040. The molecule has 1 aliphatic heterocycles. The van der Waals surface area contributed by atoms with Gasteiger partial charge in [0.25, 0.3) is 11.7 Å². The summed E-state index contributed by atoms with van der Waals surface area (Å²) in [4.78, 5) is 36.5. The van der Waals surface area contributed by atoms with Crippen molar-refractivity contribution in [2.24, 2.45) is 0 Å². The summed E-state index contributed by atoms with van der Waals surface area (Å²) in [5.41, 5.74) is 1.19. The number of hydrogen-bond acceptors (Lipinski definition) is 7. The van der Waals surface area contributed by atoms with Gasteiger partial charge in [0.05, 0.1) is 7.11 Å². The van der Waals surface area contributed by atoms with Crippen molar-refractivity contribution in [2.75, 3.05) is 13.7 Å². The Morgan fingerprint density at radius 2 is 1.75 bits per heavy atom. The Morgan fingerprint density at radius 1 is 1.09 bits per heavy atom. The van der Waals surface area contributed by atoms with Gasteiger partial charge in [0, 0.05) is 24.9 Å². The van der Waals surface area contributed by atoms with Crippen molar-refractivity contribution in [1.29, 1.82) is 0 Å². The van der Waals surface area contributed by atoms with E-state index < -0.39 is 17.7 Å². The molecule has 1 aliphatic rings. The van der Waals surface area contributed by atoms with Crippen LogP contribution in [0.5, 0.6) is 11.5 Å². The predicted molar refractivity (Wildman–Crippen MR) is 119 cm³/mol. The second-order valence-electron chi connectivity index (χ2n) is 7.31. The van der Waals surface area contributed by atoms with Crippen LogP contribution < -0.4 is 14.8 Å². The van der Waals surface area contributed by atoms with Gasteiger partial charge < -0.3 is 24.3 Å². The molecule has 2 aromatic carbocycles. The highest BCUT2D eigenvalue weighted by molar-refractivity contribution is 9.10. The number of rotatable bonds is 7. The molecule has 32 heavy (non-hydrogen) atoms. The quantitative estimate of drug-likeness (QED) is 0.351. The van der Waals surface area contributed by atoms with E-state index in [0.29, 0.717) is 28.1 Å². The Morgan fingerprint density at radius 3 is 2.38 bits per heavy atom. The maximum Gasteiger partial charge on any atom is 0.348 e. The van der Waals surface area contributed by atoms with Crippen LogP contribution in [0.15, 0.2) is 52.5 Å². The van der Waals surface area contributed by atoms with Crippen molar-refractivity contribution >= 4 is 39.9 Å². The molecular formula is C23H22BrNO7. The van der Waals surface area contributed by atoms with Gasteiger partial charge in [-0.05, 0) is 29.3 Å².